The van der Waals surface area contributed by atoms with Gasteiger partial charge in [-0.25, -0.2) is 0 Å². The van der Waals surface area contributed by atoms with E-state index in [4.69, 9.17) is 0 Å². The molecule has 0 aromatic carbocycles. The Morgan fingerprint density at radius 2 is 1.62 bits per heavy atom. The molecule has 2 fully saturated rings. The van der Waals surface area contributed by atoms with Gasteiger partial charge in [-0.3, -0.25) is 9.59 Å². The fraction of sp³-hybridized carbons (Fsp3) is 0.789. The van der Waals surface area contributed by atoms with Crippen molar-refractivity contribution in [3.8, 4) is 0 Å². The molecule has 0 bridgehead atoms. The van der Waals surface area contributed by atoms with Crippen LogP contribution < -0.4 is 0 Å². The summed E-state index contributed by atoms with van der Waals surface area (Å²) >= 11 is 0. The second kappa shape index (κ2) is 8.15. The Balaban J connectivity index is 1.41. The third kappa shape index (κ3) is 4.38. The second-order valence-electron chi connectivity index (χ2n) is 7.64. The third-order valence-electron chi connectivity index (χ3n) is 5.86. The summed E-state index contributed by atoms with van der Waals surface area (Å²) < 4.78 is 0. The topological polar surface area (TPSA) is 43.9 Å². The molecule has 3 rings (SSSR count). The van der Waals surface area contributed by atoms with Gasteiger partial charge in [-0.15, -0.1) is 0 Å². The molecule has 134 valence electrons. The SMILES string of the molecule is CN1CCN(C(=O)CC2CCN(C(=O)[C@H]3CC=CCC3)CC2)CC1. The Hall–Kier alpha value is -1.36. The molecule has 0 N–H and O–H groups in total. The van der Waals surface area contributed by atoms with E-state index in [0.29, 0.717) is 24.2 Å². The molecular formula is C19H31N3O2. The Morgan fingerprint density at radius 3 is 2.25 bits per heavy atom. The first-order valence-corrected chi connectivity index (χ1v) is 9.53. The number of carbonyl (C=O) groups excluding carboxylic acids is 2. The van der Waals surface area contributed by atoms with Gasteiger partial charge in [0.1, 0.15) is 0 Å². The van der Waals surface area contributed by atoms with Crippen LogP contribution in [0.15, 0.2) is 12.2 Å². The van der Waals surface area contributed by atoms with Crippen molar-refractivity contribution in [1.29, 1.82) is 0 Å². The molecule has 0 saturated carbocycles. The molecule has 0 unspecified atom stereocenters. The van der Waals surface area contributed by atoms with Crippen LogP contribution in [0, 0.1) is 11.8 Å². The van der Waals surface area contributed by atoms with Crippen LogP contribution in [0.4, 0.5) is 0 Å². The number of amides is 2. The number of piperidine rings is 1. The first-order chi connectivity index (χ1) is 11.6. The maximum Gasteiger partial charge on any atom is 0.226 e. The average molecular weight is 333 g/mol. The van der Waals surface area contributed by atoms with Crippen LogP contribution in [-0.2, 0) is 9.59 Å². The molecule has 0 aromatic rings. The number of likely N-dealkylation sites (tertiary alicyclic amines) is 1. The van der Waals surface area contributed by atoms with E-state index < -0.39 is 0 Å². The highest BCUT2D eigenvalue weighted by molar-refractivity contribution is 5.79. The molecule has 24 heavy (non-hydrogen) atoms. The van der Waals surface area contributed by atoms with Crippen LogP contribution >= 0.6 is 0 Å². The predicted octanol–water partition coefficient (Wildman–Crippen LogP) is 1.75. The standard InChI is InChI=1S/C19H31N3O2/c1-20-11-13-21(14-12-20)18(23)15-16-7-9-22(10-8-16)19(24)17-5-3-2-4-6-17/h2-3,16-17H,4-15H2,1H3/t17-/m0/s1. The minimum atomic E-state index is 0.193. The number of rotatable bonds is 3. The number of carbonyl (C=O) groups is 2. The van der Waals surface area contributed by atoms with Crippen molar-refractivity contribution in [2.75, 3.05) is 46.3 Å². The molecule has 0 spiro atoms. The smallest absolute Gasteiger partial charge is 0.226 e. The lowest BCUT2D eigenvalue weighted by molar-refractivity contribution is -0.137. The fourth-order valence-corrected chi connectivity index (χ4v) is 4.07. The molecule has 5 heteroatoms. The molecule has 5 nitrogen and oxygen atoms in total. The number of allylic oxidation sites excluding steroid dienone is 2. The summed E-state index contributed by atoms with van der Waals surface area (Å²) in [5.74, 6) is 1.29. The minimum absolute atomic E-state index is 0.193. The van der Waals surface area contributed by atoms with Crippen molar-refractivity contribution in [3.63, 3.8) is 0 Å². The summed E-state index contributed by atoms with van der Waals surface area (Å²) in [4.78, 5) is 31.4. The van der Waals surface area contributed by atoms with Gasteiger partial charge in [0.05, 0.1) is 0 Å². The highest BCUT2D eigenvalue weighted by Crippen LogP contribution is 2.26. The molecule has 3 aliphatic rings. The van der Waals surface area contributed by atoms with Crippen LogP contribution in [0.5, 0.6) is 0 Å². The highest BCUT2D eigenvalue weighted by atomic mass is 16.2. The number of likely N-dealkylation sites (N-methyl/N-ethyl adjacent to an activating group) is 1. The van der Waals surface area contributed by atoms with Gasteiger partial charge >= 0.3 is 0 Å². The number of piperazine rings is 1. The Bertz CT molecular complexity index is 475. The summed E-state index contributed by atoms with van der Waals surface area (Å²) in [7, 11) is 2.11. The lowest BCUT2D eigenvalue weighted by atomic mass is 9.89. The average Bonchev–Trinajstić information content (AvgIpc) is 2.63. The zero-order chi connectivity index (χ0) is 16.9. The number of hydrogen-bond acceptors (Lipinski definition) is 3. The van der Waals surface area contributed by atoms with E-state index in [1.807, 2.05) is 9.80 Å². The van der Waals surface area contributed by atoms with Crippen LogP contribution in [-0.4, -0.2) is 72.8 Å². The maximum absolute atomic E-state index is 12.6. The summed E-state index contributed by atoms with van der Waals surface area (Å²) in [5.41, 5.74) is 0. The van der Waals surface area contributed by atoms with Crippen LogP contribution in [0.1, 0.15) is 38.5 Å². The Labute approximate surface area is 145 Å². The van der Waals surface area contributed by atoms with Gasteiger partial charge in [-0.2, -0.15) is 0 Å². The van der Waals surface area contributed by atoms with E-state index in [1.54, 1.807) is 0 Å². The van der Waals surface area contributed by atoms with E-state index in [-0.39, 0.29) is 5.92 Å². The molecule has 2 aliphatic heterocycles. The van der Waals surface area contributed by atoms with Gasteiger partial charge in [0.15, 0.2) is 0 Å². The zero-order valence-electron chi connectivity index (χ0n) is 15.0. The Morgan fingerprint density at radius 1 is 0.917 bits per heavy atom. The first kappa shape index (κ1) is 17.5. The van der Waals surface area contributed by atoms with Crippen LogP contribution in [0.3, 0.4) is 0 Å². The van der Waals surface area contributed by atoms with Gasteiger partial charge < -0.3 is 14.7 Å². The molecule has 2 amide bonds. The third-order valence-corrected chi connectivity index (χ3v) is 5.86. The van der Waals surface area contributed by atoms with Crippen molar-refractivity contribution in [2.24, 2.45) is 11.8 Å². The van der Waals surface area contributed by atoms with E-state index in [9.17, 15) is 9.59 Å². The molecule has 1 atom stereocenters. The van der Waals surface area contributed by atoms with Gasteiger partial charge in [0.2, 0.25) is 11.8 Å². The van der Waals surface area contributed by atoms with E-state index >= 15 is 0 Å². The van der Waals surface area contributed by atoms with E-state index in [2.05, 4.69) is 24.1 Å². The normalized spacial score (nSPS) is 26.6. The molecule has 1 aliphatic carbocycles. The predicted molar refractivity (Wildman–Crippen MR) is 94.5 cm³/mol. The molecular weight excluding hydrogens is 302 g/mol. The van der Waals surface area contributed by atoms with Crippen LogP contribution in [0.2, 0.25) is 0 Å². The monoisotopic (exact) mass is 333 g/mol. The van der Waals surface area contributed by atoms with Crippen molar-refractivity contribution >= 4 is 11.8 Å². The van der Waals surface area contributed by atoms with Crippen molar-refractivity contribution in [1.82, 2.24) is 14.7 Å². The molecule has 0 aromatic heterocycles. The minimum Gasteiger partial charge on any atom is -0.342 e. The first-order valence-electron chi connectivity index (χ1n) is 9.53. The van der Waals surface area contributed by atoms with Gasteiger partial charge in [-0.1, -0.05) is 12.2 Å². The van der Waals surface area contributed by atoms with Gasteiger partial charge in [0.25, 0.3) is 0 Å². The van der Waals surface area contributed by atoms with Gasteiger partial charge in [0, 0.05) is 51.6 Å². The van der Waals surface area contributed by atoms with Crippen LogP contribution in [0.25, 0.3) is 0 Å². The van der Waals surface area contributed by atoms with Crippen molar-refractivity contribution < 1.29 is 9.59 Å². The highest BCUT2D eigenvalue weighted by Gasteiger charge is 2.30. The van der Waals surface area contributed by atoms with Crippen molar-refractivity contribution in [2.45, 2.75) is 38.5 Å². The fourth-order valence-electron chi connectivity index (χ4n) is 4.07. The summed E-state index contributed by atoms with van der Waals surface area (Å²) in [6, 6.07) is 0. The molecule has 2 heterocycles. The van der Waals surface area contributed by atoms with E-state index in [0.717, 1.165) is 71.4 Å². The molecule has 2 saturated heterocycles. The summed E-state index contributed by atoms with van der Waals surface area (Å²) in [6.45, 7) is 5.35. The lowest BCUT2D eigenvalue weighted by Gasteiger charge is -2.36. The maximum atomic E-state index is 12.6. The number of nitrogens with zero attached hydrogens (tertiary/aromatic N) is 3. The van der Waals surface area contributed by atoms with E-state index in [1.165, 1.54) is 0 Å². The quantitative estimate of drug-likeness (QED) is 0.739. The lowest BCUT2D eigenvalue weighted by Crippen LogP contribution is -2.48. The summed E-state index contributed by atoms with van der Waals surface area (Å²) in [6.07, 6.45) is 9.89. The summed E-state index contributed by atoms with van der Waals surface area (Å²) in [5, 5.41) is 0. The largest absolute Gasteiger partial charge is 0.342 e. The van der Waals surface area contributed by atoms with Crippen molar-refractivity contribution in [3.05, 3.63) is 12.2 Å². The van der Waals surface area contributed by atoms with Gasteiger partial charge in [-0.05, 0) is 45.1 Å². The Kier molecular flexibility index (Phi) is 5.93. The second-order valence-corrected chi connectivity index (χ2v) is 7.64. The number of hydrogen-bond donors (Lipinski definition) is 0. The zero-order valence-corrected chi connectivity index (χ0v) is 15.0. The molecule has 0 radical (unpaired) electrons.